The molecule has 0 radical (unpaired) electrons. The summed E-state index contributed by atoms with van der Waals surface area (Å²) in [6.07, 6.45) is 1.40. The normalized spacial score (nSPS) is 11.4. The Kier molecular flexibility index (Phi) is 5.60. The van der Waals surface area contributed by atoms with E-state index in [1.165, 1.54) is 6.07 Å². The van der Waals surface area contributed by atoms with Crippen molar-refractivity contribution in [2.75, 3.05) is 5.88 Å². The summed E-state index contributed by atoms with van der Waals surface area (Å²) >= 11 is 9.10. The van der Waals surface area contributed by atoms with E-state index in [4.69, 9.17) is 11.6 Å². The highest BCUT2D eigenvalue weighted by Crippen LogP contribution is 2.23. The van der Waals surface area contributed by atoms with Crippen molar-refractivity contribution in [1.29, 1.82) is 0 Å². The molecule has 5 heteroatoms. The lowest BCUT2D eigenvalue weighted by atomic mass is 9.94. The lowest BCUT2D eigenvalue weighted by molar-refractivity contribution is 0.0897. The first kappa shape index (κ1) is 15.4. The molecule has 0 saturated carbocycles. The Morgan fingerprint density at radius 2 is 2.06 bits per heavy atom. The van der Waals surface area contributed by atoms with Crippen LogP contribution in [-0.2, 0) is 0 Å². The zero-order valence-corrected chi connectivity index (χ0v) is 12.7. The molecule has 0 bridgehead atoms. The van der Waals surface area contributed by atoms with E-state index in [1.807, 2.05) is 13.8 Å². The summed E-state index contributed by atoms with van der Waals surface area (Å²) in [4.78, 5) is 12.1. The Morgan fingerprint density at radius 1 is 1.44 bits per heavy atom. The molecule has 0 unspecified atom stereocenters. The van der Waals surface area contributed by atoms with Gasteiger partial charge in [-0.05, 0) is 40.9 Å². The molecule has 100 valence electrons. The number of rotatable bonds is 5. The molecule has 0 heterocycles. The minimum absolute atomic E-state index is 0.0221. The Morgan fingerprint density at radius 3 is 2.50 bits per heavy atom. The van der Waals surface area contributed by atoms with Gasteiger partial charge in [0.2, 0.25) is 0 Å². The number of benzene rings is 1. The van der Waals surface area contributed by atoms with Gasteiger partial charge in [0.15, 0.2) is 0 Å². The van der Waals surface area contributed by atoms with Crippen LogP contribution in [0.2, 0.25) is 0 Å². The van der Waals surface area contributed by atoms with Gasteiger partial charge in [-0.25, -0.2) is 4.39 Å². The van der Waals surface area contributed by atoms with Crippen LogP contribution < -0.4 is 5.32 Å². The molecule has 0 aliphatic carbocycles. The van der Waals surface area contributed by atoms with Crippen molar-refractivity contribution in [3.63, 3.8) is 0 Å². The Bertz CT molecular complexity index is 406. The molecule has 0 spiro atoms. The molecular weight excluding hydrogens is 321 g/mol. The lowest BCUT2D eigenvalue weighted by Gasteiger charge is -2.30. The van der Waals surface area contributed by atoms with Crippen LogP contribution in [0.15, 0.2) is 22.7 Å². The average Bonchev–Trinajstić information content (AvgIpc) is 2.36. The van der Waals surface area contributed by atoms with Crippen molar-refractivity contribution >= 4 is 33.4 Å². The van der Waals surface area contributed by atoms with Crippen molar-refractivity contribution < 1.29 is 9.18 Å². The Balaban J connectivity index is 3.02. The number of hydrogen-bond donors (Lipinski definition) is 1. The van der Waals surface area contributed by atoms with E-state index < -0.39 is 17.3 Å². The summed E-state index contributed by atoms with van der Waals surface area (Å²) in [6.45, 7) is 3.89. The lowest BCUT2D eigenvalue weighted by Crippen LogP contribution is -2.49. The van der Waals surface area contributed by atoms with Crippen LogP contribution in [0.5, 0.6) is 0 Å². The van der Waals surface area contributed by atoms with Crippen molar-refractivity contribution in [3.05, 3.63) is 34.1 Å². The molecule has 0 saturated heterocycles. The Hall–Kier alpha value is -0.610. The molecule has 1 N–H and O–H groups in total. The fourth-order valence-electron chi connectivity index (χ4n) is 1.67. The summed E-state index contributed by atoms with van der Waals surface area (Å²) in [5, 5.41) is 2.84. The molecule has 0 fully saturated rings. The second kappa shape index (κ2) is 6.53. The SMILES string of the molecule is CCC(CC)(CCl)NC(=O)c1c(F)cccc1Br. The number of alkyl halides is 1. The number of carbonyl (C=O) groups excluding carboxylic acids is 1. The third kappa shape index (κ3) is 3.23. The zero-order valence-electron chi connectivity index (χ0n) is 10.4. The second-order valence-electron chi connectivity index (χ2n) is 4.17. The first-order chi connectivity index (χ1) is 8.49. The predicted octanol–water partition coefficient (Wildman–Crippen LogP) is 4.12. The minimum atomic E-state index is -0.544. The van der Waals surface area contributed by atoms with Gasteiger partial charge in [-0.3, -0.25) is 4.79 Å². The van der Waals surface area contributed by atoms with Gasteiger partial charge in [-0.2, -0.15) is 0 Å². The molecule has 18 heavy (non-hydrogen) atoms. The standard InChI is InChI=1S/C13H16BrClFNO/c1-3-13(4-2,8-15)17-12(18)11-9(14)6-5-7-10(11)16/h5-7H,3-4,8H2,1-2H3,(H,17,18). The van der Waals surface area contributed by atoms with Gasteiger partial charge in [0.25, 0.3) is 5.91 Å². The van der Waals surface area contributed by atoms with E-state index >= 15 is 0 Å². The fraction of sp³-hybridized carbons (Fsp3) is 0.462. The fourth-order valence-corrected chi connectivity index (χ4v) is 2.63. The molecule has 0 aromatic heterocycles. The number of hydrogen-bond acceptors (Lipinski definition) is 1. The van der Waals surface area contributed by atoms with Crippen molar-refractivity contribution in [1.82, 2.24) is 5.32 Å². The number of nitrogens with one attached hydrogen (secondary N) is 1. The second-order valence-corrected chi connectivity index (χ2v) is 5.29. The van der Waals surface area contributed by atoms with Crippen LogP contribution in [0.1, 0.15) is 37.0 Å². The molecule has 2 nitrogen and oxygen atoms in total. The molecule has 0 aliphatic rings. The van der Waals surface area contributed by atoms with Gasteiger partial charge < -0.3 is 5.32 Å². The molecule has 1 aromatic carbocycles. The van der Waals surface area contributed by atoms with Crippen LogP contribution in [0.25, 0.3) is 0 Å². The van der Waals surface area contributed by atoms with E-state index in [-0.39, 0.29) is 5.56 Å². The van der Waals surface area contributed by atoms with E-state index in [2.05, 4.69) is 21.2 Å². The summed E-state index contributed by atoms with van der Waals surface area (Å²) < 4.78 is 14.1. The molecular formula is C13H16BrClFNO. The smallest absolute Gasteiger partial charge is 0.255 e. The highest BCUT2D eigenvalue weighted by molar-refractivity contribution is 9.10. The molecule has 1 amide bonds. The van der Waals surface area contributed by atoms with Crippen LogP contribution in [0.3, 0.4) is 0 Å². The third-order valence-electron chi connectivity index (χ3n) is 3.18. The minimum Gasteiger partial charge on any atom is -0.345 e. The van der Waals surface area contributed by atoms with Crippen molar-refractivity contribution in [2.24, 2.45) is 0 Å². The van der Waals surface area contributed by atoms with Gasteiger partial charge in [-0.15, -0.1) is 11.6 Å². The summed E-state index contributed by atoms with van der Waals surface area (Å²) in [6, 6.07) is 4.45. The van der Waals surface area contributed by atoms with E-state index in [1.54, 1.807) is 12.1 Å². The largest absolute Gasteiger partial charge is 0.345 e. The molecule has 0 aliphatic heterocycles. The summed E-state index contributed by atoms with van der Waals surface area (Å²) in [7, 11) is 0. The van der Waals surface area contributed by atoms with E-state index in [0.717, 1.165) is 0 Å². The topological polar surface area (TPSA) is 29.1 Å². The maximum Gasteiger partial charge on any atom is 0.255 e. The molecule has 1 aromatic rings. The maximum absolute atomic E-state index is 13.7. The first-order valence-electron chi connectivity index (χ1n) is 5.82. The van der Waals surface area contributed by atoms with E-state index in [9.17, 15) is 9.18 Å². The van der Waals surface area contributed by atoms with Crippen LogP contribution in [0, 0.1) is 5.82 Å². The highest BCUT2D eigenvalue weighted by atomic mass is 79.9. The molecule has 1 rings (SSSR count). The summed E-state index contributed by atoms with van der Waals surface area (Å²) in [5.74, 6) is -0.681. The van der Waals surface area contributed by atoms with Crippen molar-refractivity contribution in [3.8, 4) is 0 Å². The van der Waals surface area contributed by atoms with Crippen LogP contribution in [0.4, 0.5) is 4.39 Å². The summed E-state index contributed by atoms with van der Waals surface area (Å²) in [5.41, 5.74) is -0.464. The average molecular weight is 337 g/mol. The highest BCUT2D eigenvalue weighted by Gasteiger charge is 2.29. The first-order valence-corrected chi connectivity index (χ1v) is 7.15. The molecule has 0 atom stereocenters. The van der Waals surface area contributed by atoms with Crippen LogP contribution in [-0.4, -0.2) is 17.3 Å². The van der Waals surface area contributed by atoms with Gasteiger partial charge in [0.05, 0.1) is 11.1 Å². The number of amides is 1. The predicted molar refractivity (Wildman–Crippen MR) is 75.6 cm³/mol. The third-order valence-corrected chi connectivity index (χ3v) is 4.35. The zero-order chi connectivity index (χ0) is 13.8. The quantitative estimate of drug-likeness (QED) is 0.805. The van der Waals surface area contributed by atoms with Crippen molar-refractivity contribution in [2.45, 2.75) is 32.2 Å². The van der Waals surface area contributed by atoms with E-state index in [0.29, 0.717) is 23.2 Å². The monoisotopic (exact) mass is 335 g/mol. The van der Waals surface area contributed by atoms with Gasteiger partial charge in [0, 0.05) is 10.4 Å². The number of halogens is 3. The van der Waals surface area contributed by atoms with Gasteiger partial charge in [0.1, 0.15) is 5.82 Å². The van der Waals surface area contributed by atoms with Gasteiger partial charge >= 0.3 is 0 Å². The van der Waals surface area contributed by atoms with Crippen LogP contribution >= 0.6 is 27.5 Å². The number of carbonyl (C=O) groups is 1. The Labute approximate surface area is 120 Å². The maximum atomic E-state index is 13.7. The van der Waals surface area contributed by atoms with Gasteiger partial charge in [-0.1, -0.05) is 19.9 Å².